The van der Waals surface area contributed by atoms with Crippen LogP contribution in [0.25, 0.3) is 230 Å². The molecule has 0 spiro atoms. The van der Waals surface area contributed by atoms with Crippen LogP contribution in [0.5, 0.6) is 0 Å². The van der Waals surface area contributed by atoms with Crippen LogP contribution in [-0.4, -0.2) is 29.9 Å². The van der Waals surface area contributed by atoms with Crippen molar-refractivity contribution >= 4 is 162 Å². The number of hydrogen-bond acceptors (Lipinski definition) is 11. The maximum atomic E-state index is 8.25. The smallest absolute Gasteiger partial charge is 0.216 e. The van der Waals surface area contributed by atoms with E-state index in [4.69, 9.17) is 36.4 Å². The van der Waals surface area contributed by atoms with Crippen LogP contribution in [0.2, 0.25) is 0 Å². The third-order valence-electron chi connectivity index (χ3n) is 24.5. The summed E-state index contributed by atoms with van der Waals surface area (Å²) in [6.45, 7) is 10.8. The van der Waals surface area contributed by atoms with E-state index in [1.807, 2.05) is 145 Å². The van der Waals surface area contributed by atoms with Crippen molar-refractivity contribution in [2.24, 2.45) is 10.8 Å². The summed E-state index contributed by atoms with van der Waals surface area (Å²) in [5.74, 6) is 0. The molecule has 0 unspecified atom stereocenters. The predicted octanol–water partition coefficient (Wildman–Crippen LogP) is 34.7. The van der Waals surface area contributed by atoms with E-state index in [0.717, 1.165) is 122 Å². The van der Waals surface area contributed by atoms with Gasteiger partial charge in [0.25, 0.3) is 0 Å². The number of thiophene rings is 1. The molecule has 139 heavy (non-hydrogen) atoms. The van der Waals surface area contributed by atoms with Crippen molar-refractivity contribution in [3.05, 3.63) is 422 Å². The summed E-state index contributed by atoms with van der Waals surface area (Å²) in [6.07, 6.45) is 5.59. The van der Waals surface area contributed by atoms with Gasteiger partial charge >= 0.3 is 0 Å². The summed E-state index contributed by atoms with van der Waals surface area (Å²) in [7, 11) is 0. The number of rotatable bonds is 9. The van der Waals surface area contributed by atoms with Crippen molar-refractivity contribution in [1.29, 1.82) is 0 Å². The number of furan rings is 4. The van der Waals surface area contributed by atoms with Crippen LogP contribution in [0.15, 0.2) is 382 Å². The molecule has 0 atom stereocenters. The largest absolute Gasteiger partial charge is 0.501 e. The Bertz CT molecular complexity index is 9250. The summed E-state index contributed by atoms with van der Waals surface area (Å²) < 4.78 is 104. The van der Waals surface area contributed by atoms with Crippen molar-refractivity contribution in [2.75, 3.05) is 0 Å². The van der Waals surface area contributed by atoms with Crippen LogP contribution < -0.4 is 0 Å². The van der Waals surface area contributed by atoms with Crippen molar-refractivity contribution in [1.82, 2.24) is 29.9 Å². The predicted molar refractivity (Wildman–Crippen MR) is 570 cm³/mol. The van der Waals surface area contributed by atoms with Gasteiger partial charge < -0.3 is 37.6 Å². The van der Waals surface area contributed by atoms with Gasteiger partial charge in [0.1, 0.15) is 16.7 Å². The third kappa shape index (κ3) is 18.7. The second kappa shape index (κ2) is 38.5. The molecule has 13 heteroatoms. The molecule has 11 heterocycles. The zero-order valence-corrected chi connectivity index (χ0v) is 82.6. The number of benzene rings is 15. The Balaban J connectivity index is 0.000000116. The Morgan fingerprint density at radius 2 is 0.799 bits per heavy atom. The van der Waals surface area contributed by atoms with Crippen LogP contribution in [0, 0.1) is 62.6 Å². The van der Waals surface area contributed by atoms with Crippen molar-refractivity contribution in [3.8, 4) is 78.5 Å². The average Bonchev–Trinajstić information content (AvgIpc) is 1.62. The fourth-order valence-electron chi connectivity index (χ4n) is 18.3. The minimum atomic E-state index is -2.14. The van der Waals surface area contributed by atoms with Crippen LogP contribution in [0.3, 0.4) is 0 Å². The quantitative estimate of drug-likeness (QED) is 0.102. The SMILES string of the molecule is Cc1ccc2c(c1)oc1c(-c3cc4c(cn3)oc3ccccc34)[c-]ccc12.Cc1ccc2c(n1)oc1c(-c3cc4c(cn3)oc3ccccc34)[c-]ccc12.[2H]C([2H])([2H])c1c[c-]c(-c2ccc(C([2H])([2H])C(C)(C)C)cn2)cc1.[2H]C([2H])([2H])c1c[c-]c(-c2ccc(C([2H])([2H])C(C)(C)C)cn2)cc1.[Ir].[Ir].c1ccc2cc(-c3c4ccccc4c(-c4ccc5ccccc5c4)c4cc(-c5nccc6c5sc5ccccc56)ccc34)ccc2c1. The van der Waals surface area contributed by atoms with Crippen LogP contribution in [0.4, 0.5) is 0 Å². The van der Waals surface area contributed by atoms with Crippen LogP contribution in [0.1, 0.15) is 88.8 Å². The maximum Gasteiger partial charge on any atom is 0.216 e. The number of nitrogens with zero attached hydrogens (tertiary/aromatic N) is 6. The number of para-hydroxylation sites is 2. The van der Waals surface area contributed by atoms with Crippen LogP contribution in [-0.2, 0) is 53.0 Å². The minimum Gasteiger partial charge on any atom is -0.501 e. The Kier molecular flexibility index (Phi) is 22.2. The molecule has 0 aliphatic carbocycles. The summed E-state index contributed by atoms with van der Waals surface area (Å²) in [4.78, 5) is 27.4. The van der Waals surface area contributed by atoms with Gasteiger partial charge in [-0.15, -0.1) is 119 Å². The van der Waals surface area contributed by atoms with E-state index in [0.29, 0.717) is 39.4 Å². The first-order chi connectivity index (χ1) is 70.7. The summed E-state index contributed by atoms with van der Waals surface area (Å²) in [5.41, 5.74) is 22.0. The van der Waals surface area contributed by atoms with Gasteiger partial charge in [-0.2, -0.15) is 0 Å². The zero-order valence-electron chi connectivity index (χ0n) is 87.0. The molecule has 0 saturated carbocycles. The molecule has 0 N–H and O–H groups in total. The molecule has 0 aliphatic rings. The fourth-order valence-corrected chi connectivity index (χ4v) is 19.5. The minimum absolute atomic E-state index is 0. The van der Waals surface area contributed by atoms with Gasteiger partial charge in [-0.25, -0.2) is 4.98 Å². The molecule has 26 aromatic rings. The van der Waals surface area contributed by atoms with Crippen molar-refractivity contribution < 1.29 is 71.6 Å². The first kappa shape index (κ1) is 80.1. The van der Waals surface area contributed by atoms with E-state index in [-0.39, 0.29) is 51.3 Å². The fraction of sp³-hybridized carbons (Fsp3) is 0.111. The molecule has 680 valence electrons. The molecule has 0 aliphatic heterocycles. The normalized spacial score (nSPS) is 13.1. The molecule has 26 rings (SSSR count). The number of aromatic nitrogens is 6. The van der Waals surface area contributed by atoms with Crippen LogP contribution >= 0.6 is 11.3 Å². The molecule has 15 aromatic carbocycles. The van der Waals surface area contributed by atoms with Gasteiger partial charge in [-0.05, 0) is 203 Å². The topological polar surface area (TPSA) is 130 Å². The third-order valence-corrected chi connectivity index (χ3v) is 25.7. The first-order valence-corrected chi connectivity index (χ1v) is 46.3. The standard InChI is InChI=1S/C45H27NS.C24H14NO2.C23H13N2O2.2C17H20N.2Ir/c1-3-11-30-25-32(19-17-28(30)9-1)42-36-14-5-6-15-37(36)43(33-20-18-29-10-2-4-12-31(29)26-33)40-27-34(21-22-38(40)42)44-45-39(23-24-46-44)35-13-7-8-16-41(35)47-45;1-14-9-10-16-17-6-4-7-18(24(17)27-22(16)11-14)20-12-19-15-5-2-3-8-21(15)26-23(19)13-25-20;1-13-9-10-16-15-6-4-7-17(22(15)27-23(16)25-13)19-11-18-14-5-2-3-8-20(14)26-21(18)12-24-19;2*1-13-5-8-15(9-6-13)16-10-7-14(12-18-16)11-17(2,3)4;;/h1-27H;2-6,8-13H,1H3;2-6,8-12H,1H3;2*5-8,10,12H,11H2,1-4H3;;/q;4*-1;;/i;;;2*1D3,11D2;;. The van der Waals surface area contributed by atoms with Gasteiger partial charge in [0, 0.05) is 132 Å². The first-order valence-electron chi connectivity index (χ1n) is 50.5. The zero-order chi connectivity index (χ0) is 102. The number of hydrogen-bond donors (Lipinski definition) is 0. The van der Waals surface area contributed by atoms with E-state index < -0.39 is 37.3 Å². The molecule has 0 saturated heterocycles. The molecule has 0 fully saturated rings. The number of aryl methyl sites for hydroxylation is 4. The number of pyridine rings is 6. The van der Waals surface area contributed by atoms with E-state index in [1.165, 1.54) is 116 Å². The Labute approximate surface area is 851 Å². The van der Waals surface area contributed by atoms with E-state index in [2.05, 4.69) is 250 Å². The molecule has 2 radical (unpaired) electrons. The molecular weight excluding hydrogens is 2080 g/mol. The van der Waals surface area contributed by atoms with Gasteiger partial charge in [-0.1, -0.05) is 289 Å². The Hall–Kier alpha value is -15.0. The van der Waals surface area contributed by atoms with E-state index >= 15 is 0 Å². The second-order valence-electron chi connectivity index (χ2n) is 36.4. The Morgan fingerprint density at radius 1 is 0.331 bits per heavy atom. The van der Waals surface area contributed by atoms with Gasteiger partial charge in [0.05, 0.1) is 34.0 Å². The Morgan fingerprint density at radius 3 is 1.34 bits per heavy atom. The summed E-state index contributed by atoms with van der Waals surface area (Å²) in [6, 6.07) is 125. The van der Waals surface area contributed by atoms with E-state index in [1.54, 1.807) is 60.9 Å². The molecule has 11 aromatic heterocycles. The molecule has 0 bridgehead atoms. The average molecular weight is 2180 g/mol. The molecular formula is C126H94Ir2N6O4S-4. The van der Waals surface area contributed by atoms with Crippen molar-refractivity contribution in [2.45, 2.75) is 81.8 Å². The monoisotopic (exact) mass is 2180 g/mol. The van der Waals surface area contributed by atoms with Crippen molar-refractivity contribution in [3.63, 3.8) is 0 Å². The van der Waals surface area contributed by atoms with Gasteiger partial charge in [-0.3, -0.25) is 4.98 Å². The summed E-state index contributed by atoms with van der Waals surface area (Å²) in [5, 5.41) is 21.0. The van der Waals surface area contributed by atoms with Gasteiger partial charge in [0.15, 0.2) is 11.2 Å². The summed E-state index contributed by atoms with van der Waals surface area (Å²) >= 11 is 1.83. The molecule has 0 amide bonds. The number of fused-ring (bicyclic) bond motifs is 19. The maximum absolute atomic E-state index is 8.25. The second-order valence-corrected chi connectivity index (χ2v) is 37.5. The van der Waals surface area contributed by atoms with Gasteiger partial charge in [0.2, 0.25) is 5.71 Å². The van der Waals surface area contributed by atoms with E-state index in [9.17, 15) is 0 Å². The molecule has 10 nitrogen and oxygen atoms in total.